The van der Waals surface area contributed by atoms with Crippen molar-refractivity contribution in [2.75, 3.05) is 6.61 Å². The van der Waals surface area contributed by atoms with Gasteiger partial charge in [0, 0.05) is 23.3 Å². The Morgan fingerprint density at radius 1 is 1.33 bits per heavy atom. The van der Waals surface area contributed by atoms with Gasteiger partial charge in [-0.25, -0.2) is 0 Å². The fraction of sp³-hybridized carbons (Fsp3) is 0.438. The van der Waals surface area contributed by atoms with Crippen molar-refractivity contribution in [3.63, 3.8) is 0 Å². The van der Waals surface area contributed by atoms with Gasteiger partial charge in [-0.2, -0.15) is 0 Å². The number of thiocarbonyl (C=S) groups is 1. The molecule has 0 saturated carbocycles. The molecule has 0 bridgehead atoms. The van der Waals surface area contributed by atoms with Crippen molar-refractivity contribution in [1.82, 2.24) is 9.88 Å². The Kier molecular flexibility index (Phi) is 5.20. The molecule has 0 saturated heterocycles. The van der Waals surface area contributed by atoms with Gasteiger partial charge in [-0.1, -0.05) is 18.2 Å². The quantitative estimate of drug-likeness (QED) is 0.806. The third-order valence-corrected chi connectivity index (χ3v) is 3.47. The Morgan fingerprint density at radius 3 is 2.71 bits per heavy atom. The highest BCUT2D eigenvalue weighted by Gasteiger charge is 2.11. The van der Waals surface area contributed by atoms with Crippen LogP contribution in [-0.2, 0) is 11.3 Å². The largest absolute Gasteiger partial charge is 0.376 e. The molecule has 1 unspecified atom stereocenters. The van der Waals surface area contributed by atoms with E-state index in [1.807, 2.05) is 6.92 Å². The maximum atomic E-state index is 5.80. The zero-order valence-corrected chi connectivity index (χ0v) is 13.6. The van der Waals surface area contributed by atoms with Gasteiger partial charge in [0.25, 0.3) is 0 Å². The highest BCUT2D eigenvalue weighted by atomic mass is 32.1. The van der Waals surface area contributed by atoms with Gasteiger partial charge in [-0.3, -0.25) is 0 Å². The molecule has 3 N–H and O–H groups in total. The van der Waals surface area contributed by atoms with Gasteiger partial charge in [-0.05, 0) is 50.5 Å². The first-order chi connectivity index (χ1) is 9.99. The molecule has 0 fully saturated rings. The molecule has 1 heterocycles. The fourth-order valence-corrected chi connectivity index (χ4v) is 2.78. The lowest BCUT2D eigenvalue weighted by molar-refractivity contribution is 0.102. The van der Waals surface area contributed by atoms with E-state index < -0.39 is 0 Å². The highest BCUT2D eigenvalue weighted by Crippen LogP contribution is 2.24. The minimum atomic E-state index is 0.111. The number of nitrogens with two attached hydrogens (primary N) is 1. The summed E-state index contributed by atoms with van der Waals surface area (Å²) in [6, 6.07) is 11.1. The highest BCUT2D eigenvalue weighted by molar-refractivity contribution is 7.80. The van der Waals surface area contributed by atoms with Gasteiger partial charge in [0.2, 0.25) is 0 Å². The summed E-state index contributed by atoms with van der Waals surface area (Å²) in [6.45, 7) is 7.52. The van der Waals surface area contributed by atoms with E-state index in [0.717, 1.165) is 0 Å². The smallest absolute Gasteiger partial charge is 0.163 e. The molecule has 0 spiro atoms. The lowest BCUT2D eigenvalue weighted by Gasteiger charge is -2.17. The van der Waals surface area contributed by atoms with Gasteiger partial charge in [0.15, 0.2) is 5.11 Å². The molecule has 1 aromatic carbocycles. The molecule has 2 aromatic rings. The second-order valence-electron chi connectivity index (χ2n) is 5.58. The number of aromatic nitrogens is 1. The van der Waals surface area contributed by atoms with Crippen molar-refractivity contribution < 1.29 is 4.74 Å². The van der Waals surface area contributed by atoms with E-state index in [1.54, 1.807) is 0 Å². The van der Waals surface area contributed by atoms with Crippen LogP contribution in [0.25, 0.3) is 10.9 Å². The van der Waals surface area contributed by atoms with Crippen LogP contribution in [0, 0.1) is 0 Å². The molecule has 0 aliphatic carbocycles. The molecule has 1 atom stereocenters. The van der Waals surface area contributed by atoms with Crippen LogP contribution in [0.5, 0.6) is 0 Å². The number of fused-ring (bicyclic) bond motifs is 1. The maximum absolute atomic E-state index is 5.80. The number of hydrogen-bond acceptors (Lipinski definition) is 2. The van der Waals surface area contributed by atoms with E-state index in [-0.39, 0.29) is 6.04 Å². The lowest BCUT2D eigenvalue weighted by Crippen LogP contribution is -2.39. The SMILES string of the molecule is CC(COCc1cc2ccccc2n1C(C)C)NC(N)=S. The van der Waals surface area contributed by atoms with Gasteiger partial charge in [0.05, 0.1) is 13.2 Å². The molecule has 114 valence electrons. The van der Waals surface area contributed by atoms with Crippen molar-refractivity contribution in [3.05, 3.63) is 36.0 Å². The first kappa shape index (κ1) is 15.8. The van der Waals surface area contributed by atoms with Gasteiger partial charge in [0.1, 0.15) is 0 Å². The average molecular weight is 305 g/mol. The van der Waals surface area contributed by atoms with E-state index in [4.69, 9.17) is 22.7 Å². The summed E-state index contributed by atoms with van der Waals surface area (Å²) in [5.41, 5.74) is 7.89. The molecule has 21 heavy (non-hydrogen) atoms. The van der Waals surface area contributed by atoms with E-state index >= 15 is 0 Å². The van der Waals surface area contributed by atoms with Crippen molar-refractivity contribution >= 4 is 28.2 Å². The van der Waals surface area contributed by atoms with Crippen LogP contribution in [-0.4, -0.2) is 22.3 Å². The molecule has 4 nitrogen and oxygen atoms in total. The molecule has 2 rings (SSSR count). The Morgan fingerprint density at radius 2 is 2.05 bits per heavy atom. The van der Waals surface area contributed by atoms with Crippen LogP contribution >= 0.6 is 12.2 Å². The first-order valence-electron chi connectivity index (χ1n) is 7.21. The minimum absolute atomic E-state index is 0.111. The molecular weight excluding hydrogens is 282 g/mol. The number of ether oxygens (including phenoxy) is 1. The maximum Gasteiger partial charge on any atom is 0.163 e. The van der Waals surface area contributed by atoms with Crippen LogP contribution in [0.15, 0.2) is 30.3 Å². The van der Waals surface area contributed by atoms with Gasteiger partial charge < -0.3 is 20.4 Å². The Hall–Kier alpha value is -1.59. The number of rotatable bonds is 6. The summed E-state index contributed by atoms with van der Waals surface area (Å²) in [4.78, 5) is 0. The van der Waals surface area contributed by atoms with Crippen LogP contribution in [0.4, 0.5) is 0 Å². The second-order valence-corrected chi connectivity index (χ2v) is 6.02. The number of hydrogen-bond donors (Lipinski definition) is 2. The molecule has 0 radical (unpaired) electrons. The van der Waals surface area contributed by atoms with E-state index in [9.17, 15) is 0 Å². The number of para-hydroxylation sites is 1. The molecule has 0 aliphatic heterocycles. The topological polar surface area (TPSA) is 52.2 Å². The predicted molar refractivity (Wildman–Crippen MR) is 91.4 cm³/mol. The van der Waals surface area contributed by atoms with Gasteiger partial charge >= 0.3 is 0 Å². The molecule has 1 aromatic heterocycles. The second kappa shape index (κ2) is 6.91. The lowest BCUT2D eigenvalue weighted by atomic mass is 10.2. The van der Waals surface area contributed by atoms with Crippen LogP contribution in [0.3, 0.4) is 0 Å². The van der Waals surface area contributed by atoms with E-state index in [1.165, 1.54) is 16.6 Å². The van der Waals surface area contributed by atoms with E-state index in [2.05, 4.69) is 54.1 Å². The zero-order valence-electron chi connectivity index (χ0n) is 12.8. The monoisotopic (exact) mass is 305 g/mol. The Bertz CT molecular complexity index is 621. The number of nitrogens with zero attached hydrogens (tertiary/aromatic N) is 1. The van der Waals surface area contributed by atoms with Crippen molar-refractivity contribution in [2.24, 2.45) is 5.73 Å². The standard InChI is InChI=1S/C16H23N3OS/c1-11(2)19-14(8-13-6-4-5-7-15(13)19)10-20-9-12(3)18-16(17)21/h4-8,11-12H,9-10H2,1-3H3,(H3,17,18,21). The van der Waals surface area contributed by atoms with Crippen molar-refractivity contribution in [2.45, 2.75) is 39.5 Å². The summed E-state index contributed by atoms with van der Waals surface area (Å²) < 4.78 is 8.12. The Balaban J connectivity index is 2.08. The van der Waals surface area contributed by atoms with Gasteiger partial charge in [-0.15, -0.1) is 0 Å². The first-order valence-corrected chi connectivity index (χ1v) is 7.62. The van der Waals surface area contributed by atoms with E-state index in [0.29, 0.717) is 24.4 Å². The fourth-order valence-electron chi connectivity index (χ4n) is 2.58. The summed E-state index contributed by atoms with van der Waals surface area (Å²) in [5, 5.41) is 4.53. The molecule has 5 heteroatoms. The van der Waals surface area contributed by atoms with Crippen LogP contribution in [0.1, 0.15) is 32.5 Å². The molecule has 0 amide bonds. The third kappa shape index (κ3) is 3.95. The summed E-state index contributed by atoms with van der Waals surface area (Å²) in [6.07, 6.45) is 0. The zero-order chi connectivity index (χ0) is 15.4. The van der Waals surface area contributed by atoms with Crippen molar-refractivity contribution in [1.29, 1.82) is 0 Å². The average Bonchev–Trinajstić information content (AvgIpc) is 2.75. The predicted octanol–water partition coefficient (Wildman–Crippen LogP) is 2.96. The third-order valence-electron chi connectivity index (χ3n) is 3.35. The van der Waals surface area contributed by atoms with Crippen LogP contribution in [0.2, 0.25) is 0 Å². The molecule has 0 aliphatic rings. The number of nitrogens with one attached hydrogen (secondary N) is 1. The number of benzene rings is 1. The molecular formula is C16H23N3OS. The normalized spacial score (nSPS) is 12.8. The Labute approximate surface area is 131 Å². The van der Waals surface area contributed by atoms with Crippen LogP contribution < -0.4 is 11.1 Å². The summed E-state index contributed by atoms with van der Waals surface area (Å²) in [5.74, 6) is 0. The summed E-state index contributed by atoms with van der Waals surface area (Å²) >= 11 is 4.82. The van der Waals surface area contributed by atoms with Crippen molar-refractivity contribution in [3.8, 4) is 0 Å². The summed E-state index contributed by atoms with van der Waals surface area (Å²) in [7, 11) is 0. The minimum Gasteiger partial charge on any atom is -0.376 e.